The summed E-state index contributed by atoms with van der Waals surface area (Å²) in [6, 6.07) is 6.98. The molecule has 0 radical (unpaired) electrons. The molecule has 0 heterocycles. The zero-order chi connectivity index (χ0) is 13.5. The van der Waals surface area contributed by atoms with E-state index in [2.05, 4.69) is 0 Å². The zero-order valence-electron chi connectivity index (χ0n) is 10.1. The third kappa shape index (κ3) is 3.34. The highest BCUT2D eigenvalue weighted by atomic mass is 35.5. The lowest BCUT2D eigenvalue weighted by Gasteiger charge is -2.21. The minimum absolute atomic E-state index is 0.0351. The number of alkyl halides is 1. The first-order chi connectivity index (χ1) is 8.63. The van der Waals surface area contributed by atoms with Gasteiger partial charge in [-0.05, 0) is 18.6 Å². The summed E-state index contributed by atoms with van der Waals surface area (Å²) in [6.45, 7) is 2.99. The van der Waals surface area contributed by atoms with Gasteiger partial charge in [-0.3, -0.25) is 10.1 Å². The highest BCUT2D eigenvalue weighted by molar-refractivity contribution is 6.17. The summed E-state index contributed by atoms with van der Waals surface area (Å²) < 4.78 is 0. The average molecular weight is 268 g/mol. The normalized spacial score (nSPS) is 9.83. The Balaban J connectivity index is 3.13. The summed E-state index contributed by atoms with van der Waals surface area (Å²) in [7, 11) is 0. The van der Waals surface area contributed by atoms with Crippen LogP contribution in [-0.2, 0) is 5.88 Å². The van der Waals surface area contributed by atoms with Crippen LogP contribution >= 0.6 is 11.6 Å². The topological polar surface area (TPSA) is 70.2 Å². The van der Waals surface area contributed by atoms with Crippen molar-refractivity contribution in [2.24, 2.45) is 0 Å². The summed E-state index contributed by atoms with van der Waals surface area (Å²) in [4.78, 5) is 12.5. The molecule has 0 aromatic heterocycles. The summed E-state index contributed by atoms with van der Waals surface area (Å²) >= 11 is 5.67. The van der Waals surface area contributed by atoms with Crippen molar-refractivity contribution in [2.75, 3.05) is 18.0 Å². The van der Waals surface area contributed by atoms with Gasteiger partial charge in [0.1, 0.15) is 5.69 Å². The molecule has 18 heavy (non-hydrogen) atoms. The van der Waals surface area contributed by atoms with E-state index >= 15 is 0 Å². The molecule has 0 aliphatic rings. The Kier molecular flexibility index (Phi) is 5.40. The van der Waals surface area contributed by atoms with Crippen molar-refractivity contribution < 1.29 is 4.92 Å². The standard InChI is InChI=1S/C12H14ClN3O2/c1-2-15(7-3-6-14)11-5-4-10(9-13)8-12(11)16(17)18/h4-5,8H,2-3,7,9H2,1H3. The fourth-order valence-corrected chi connectivity index (χ4v) is 1.87. The van der Waals surface area contributed by atoms with Crippen LogP contribution in [0.25, 0.3) is 0 Å². The summed E-state index contributed by atoms with van der Waals surface area (Å²) in [5.41, 5.74) is 1.28. The van der Waals surface area contributed by atoms with Crippen LogP contribution in [0, 0.1) is 21.4 Å². The molecule has 0 unspecified atom stereocenters. The molecular formula is C12H14ClN3O2. The van der Waals surface area contributed by atoms with E-state index in [0.717, 1.165) is 0 Å². The molecule has 1 rings (SSSR count). The van der Waals surface area contributed by atoms with Gasteiger partial charge in [0.2, 0.25) is 0 Å². The lowest BCUT2D eigenvalue weighted by molar-refractivity contribution is -0.384. The van der Waals surface area contributed by atoms with E-state index in [4.69, 9.17) is 16.9 Å². The Morgan fingerprint density at radius 2 is 2.28 bits per heavy atom. The van der Waals surface area contributed by atoms with Crippen molar-refractivity contribution in [1.82, 2.24) is 0 Å². The lowest BCUT2D eigenvalue weighted by Crippen LogP contribution is -2.24. The van der Waals surface area contributed by atoms with Gasteiger partial charge in [0, 0.05) is 25.0 Å². The first-order valence-electron chi connectivity index (χ1n) is 5.59. The summed E-state index contributed by atoms with van der Waals surface area (Å²) in [6.07, 6.45) is 0.336. The third-order valence-electron chi connectivity index (χ3n) is 2.61. The molecule has 0 spiro atoms. The second-order valence-electron chi connectivity index (χ2n) is 3.70. The van der Waals surface area contributed by atoms with E-state index in [9.17, 15) is 10.1 Å². The third-order valence-corrected chi connectivity index (χ3v) is 2.92. The molecule has 0 amide bonds. The molecule has 0 bridgehead atoms. The number of nitro groups is 1. The Morgan fingerprint density at radius 1 is 1.56 bits per heavy atom. The van der Waals surface area contributed by atoms with E-state index in [-0.39, 0.29) is 11.6 Å². The van der Waals surface area contributed by atoms with Crippen LogP contribution in [0.5, 0.6) is 0 Å². The molecule has 1 aromatic rings. The lowest BCUT2D eigenvalue weighted by atomic mass is 10.1. The highest BCUT2D eigenvalue weighted by Gasteiger charge is 2.18. The van der Waals surface area contributed by atoms with Crippen LogP contribution in [0.4, 0.5) is 11.4 Å². The number of nitrogens with zero attached hydrogens (tertiary/aromatic N) is 3. The fraction of sp³-hybridized carbons (Fsp3) is 0.417. The van der Waals surface area contributed by atoms with Crippen LogP contribution in [0.15, 0.2) is 18.2 Å². The van der Waals surface area contributed by atoms with E-state index in [1.165, 1.54) is 6.07 Å². The van der Waals surface area contributed by atoms with E-state index in [1.54, 1.807) is 12.1 Å². The molecule has 6 heteroatoms. The first-order valence-corrected chi connectivity index (χ1v) is 6.12. The molecule has 0 saturated carbocycles. The van der Waals surface area contributed by atoms with E-state index < -0.39 is 4.92 Å². The SMILES string of the molecule is CCN(CCC#N)c1ccc(CCl)cc1[N+](=O)[O-]. The van der Waals surface area contributed by atoms with Gasteiger partial charge in [0.05, 0.1) is 17.4 Å². The van der Waals surface area contributed by atoms with Gasteiger partial charge in [0.15, 0.2) is 0 Å². The smallest absolute Gasteiger partial charge is 0.292 e. The molecular weight excluding hydrogens is 254 g/mol. The van der Waals surface area contributed by atoms with Crippen LogP contribution in [0.3, 0.4) is 0 Å². The van der Waals surface area contributed by atoms with Gasteiger partial charge < -0.3 is 4.90 Å². The van der Waals surface area contributed by atoms with Gasteiger partial charge in [-0.2, -0.15) is 5.26 Å². The van der Waals surface area contributed by atoms with Gasteiger partial charge >= 0.3 is 0 Å². The van der Waals surface area contributed by atoms with Gasteiger partial charge in [-0.25, -0.2) is 0 Å². The minimum atomic E-state index is -0.416. The van der Waals surface area contributed by atoms with Crippen LogP contribution in [-0.4, -0.2) is 18.0 Å². The molecule has 96 valence electrons. The minimum Gasteiger partial charge on any atom is -0.365 e. The second-order valence-corrected chi connectivity index (χ2v) is 3.97. The molecule has 1 aromatic carbocycles. The Bertz CT molecular complexity index is 471. The molecule has 0 saturated heterocycles. The molecule has 5 nitrogen and oxygen atoms in total. The number of nitro benzene ring substituents is 1. The van der Waals surface area contributed by atoms with Gasteiger partial charge in [-0.15, -0.1) is 11.6 Å². The predicted octanol–water partition coefficient (Wildman–Crippen LogP) is 3.07. The number of anilines is 1. The first kappa shape index (κ1) is 14.3. The number of hydrogen-bond donors (Lipinski definition) is 0. The van der Waals surface area contributed by atoms with Crippen molar-refractivity contribution in [2.45, 2.75) is 19.2 Å². The van der Waals surface area contributed by atoms with Gasteiger partial charge in [-0.1, -0.05) is 6.07 Å². The van der Waals surface area contributed by atoms with Crippen LogP contribution in [0.1, 0.15) is 18.9 Å². The average Bonchev–Trinajstić information content (AvgIpc) is 2.39. The van der Waals surface area contributed by atoms with Crippen LogP contribution in [0.2, 0.25) is 0 Å². The number of benzene rings is 1. The Hall–Kier alpha value is -1.80. The molecule has 0 fully saturated rings. The molecule has 0 N–H and O–H groups in total. The fourth-order valence-electron chi connectivity index (χ4n) is 1.70. The Labute approximate surface area is 111 Å². The number of halogens is 1. The molecule has 0 aliphatic carbocycles. The highest BCUT2D eigenvalue weighted by Crippen LogP contribution is 2.29. The predicted molar refractivity (Wildman–Crippen MR) is 70.8 cm³/mol. The van der Waals surface area contributed by atoms with Crippen molar-refractivity contribution in [3.8, 4) is 6.07 Å². The van der Waals surface area contributed by atoms with Crippen molar-refractivity contribution in [3.05, 3.63) is 33.9 Å². The maximum absolute atomic E-state index is 11.1. The van der Waals surface area contributed by atoms with Crippen molar-refractivity contribution >= 4 is 23.0 Å². The zero-order valence-corrected chi connectivity index (χ0v) is 10.9. The van der Waals surface area contributed by atoms with Crippen LogP contribution < -0.4 is 4.90 Å². The van der Waals surface area contributed by atoms with Gasteiger partial charge in [0.25, 0.3) is 5.69 Å². The largest absolute Gasteiger partial charge is 0.365 e. The van der Waals surface area contributed by atoms with Crippen molar-refractivity contribution in [1.29, 1.82) is 5.26 Å². The second kappa shape index (κ2) is 6.82. The van der Waals surface area contributed by atoms with Crippen molar-refractivity contribution in [3.63, 3.8) is 0 Å². The number of rotatable bonds is 6. The number of nitriles is 1. The summed E-state index contributed by atoms with van der Waals surface area (Å²) in [5.74, 6) is 0.242. The maximum Gasteiger partial charge on any atom is 0.292 e. The molecule has 0 aliphatic heterocycles. The van der Waals surface area contributed by atoms with E-state index in [1.807, 2.05) is 17.9 Å². The Morgan fingerprint density at radius 3 is 2.78 bits per heavy atom. The summed E-state index contributed by atoms with van der Waals surface area (Å²) in [5, 5.41) is 19.6. The number of hydrogen-bond acceptors (Lipinski definition) is 4. The maximum atomic E-state index is 11.1. The monoisotopic (exact) mass is 267 g/mol. The quantitative estimate of drug-likeness (QED) is 0.451. The molecule has 0 atom stereocenters. The van der Waals surface area contributed by atoms with E-state index in [0.29, 0.717) is 30.8 Å².